The Labute approximate surface area is 167 Å². The van der Waals surface area contributed by atoms with Crippen LogP contribution >= 0.6 is 24.0 Å². The van der Waals surface area contributed by atoms with E-state index >= 15 is 0 Å². The van der Waals surface area contributed by atoms with Crippen molar-refractivity contribution in [2.75, 3.05) is 19.7 Å². The molecule has 2 N–H and O–H groups in total. The Morgan fingerprint density at radius 1 is 1.16 bits per heavy atom. The van der Waals surface area contributed by atoms with E-state index < -0.39 is 0 Å². The van der Waals surface area contributed by atoms with Crippen LogP contribution in [0, 0.1) is 0 Å². The van der Waals surface area contributed by atoms with Gasteiger partial charge in [0.15, 0.2) is 5.96 Å². The molecule has 0 aliphatic carbocycles. The first-order chi connectivity index (χ1) is 11.8. The highest BCUT2D eigenvalue weighted by Gasteiger charge is 2.00. The number of nitrogens with one attached hydrogen (secondary N) is 2. The van der Waals surface area contributed by atoms with Crippen molar-refractivity contribution in [3.8, 4) is 5.75 Å². The Morgan fingerprint density at radius 2 is 1.96 bits per heavy atom. The van der Waals surface area contributed by atoms with Crippen LogP contribution in [0.1, 0.15) is 25.5 Å². The van der Waals surface area contributed by atoms with Crippen LogP contribution in [0.15, 0.2) is 47.6 Å². The normalized spacial score (nSPS) is 10.9. The number of hydrogen-bond donors (Lipinski definition) is 2. The molecule has 0 bridgehead atoms. The third-order valence-electron chi connectivity index (χ3n) is 3.54. The largest absolute Gasteiger partial charge is 0.494 e. The lowest BCUT2D eigenvalue weighted by atomic mass is 10.3. The number of rotatable bonds is 9. The molecular weight excluding hydrogens is 429 g/mol. The number of ether oxygens (including phenoxy) is 1. The van der Waals surface area contributed by atoms with E-state index in [4.69, 9.17) is 4.74 Å². The maximum Gasteiger partial charge on any atom is 0.191 e. The molecule has 0 radical (unpaired) electrons. The fourth-order valence-electron chi connectivity index (χ4n) is 2.20. The van der Waals surface area contributed by atoms with E-state index in [2.05, 4.69) is 27.6 Å². The smallest absolute Gasteiger partial charge is 0.191 e. The zero-order valence-corrected chi connectivity index (χ0v) is 17.3. The van der Waals surface area contributed by atoms with Gasteiger partial charge in [0.2, 0.25) is 0 Å². The van der Waals surface area contributed by atoms with Crippen molar-refractivity contribution in [3.05, 3.63) is 48.3 Å². The standard InChI is InChI=1S/C18H27N5O.HI/c1-3-19-18(21-15-16-11-13-22-23(16)2)20-12-7-8-14-24-17-9-5-4-6-10-17;/h4-6,9-11,13H,3,7-8,12,14-15H2,1-2H3,(H2,19,20,21);1H. The Hall–Kier alpha value is -1.77. The number of benzene rings is 1. The summed E-state index contributed by atoms with van der Waals surface area (Å²) in [6.07, 6.45) is 3.82. The predicted octanol–water partition coefficient (Wildman–Crippen LogP) is 2.95. The second-order valence-corrected chi connectivity index (χ2v) is 5.44. The number of halogens is 1. The first-order valence-corrected chi connectivity index (χ1v) is 8.46. The molecule has 0 aliphatic heterocycles. The molecule has 2 rings (SSSR count). The molecule has 138 valence electrons. The van der Waals surface area contributed by atoms with Gasteiger partial charge in [-0.15, -0.1) is 24.0 Å². The lowest BCUT2D eigenvalue weighted by Gasteiger charge is -2.11. The van der Waals surface area contributed by atoms with Crippen LogP contribution in [-0.2, 0) is 13.6 Å². The molecule has 0 amide bonds. The summed E-state index contributed by atoms with van der Waals surface area (Å²) in [5.74, 6) is 1.76. The monoisotopic (exact) mass is 457 g/mol. The van der Waals surface area contributed by atoms with Crippen molar-refractivity contribution >= 4 is 29.9 Å². The van der Waals surface area contributed by atoms with Gasteiger partial charge < -0.3 is 15.4 Å². The molecule has 0 fully saturated rings. The summed E-state index contributed by atoms with van der Waals surface area (Å²) in [7, 11) is 1.93. The Kier molecular flexibility index (Phi) is 10.7. The molecule has 0 saturated heterocycles. The minimum atomic E-state index is 0. The topological polar surface area (TPSA) is 63.5 Å². The van der Waals surface area contributed by atoms with Crippen molar-refractivity contribution in [3.63, 3.8) is 0 Å². The lowest BCUT2D eigenvalue weighted by Crippen LogP contribution is -2.37. The van der Waals surface area contributed by atoms with Gasteiger partial charge in [0.1, 0.15) is 5.75 Å². The SMILES string of the molecule is CCNC(=NCc1ccnn1C)NCCCCOc1ccccc1.I. The predicted molar refractivity (Wildman–Crippen MR) is 113 cm³/mol. The van der Waals surface area contributed by atoms with Gasteiger partial charge in [0.25, 0.3) is 0 Å². The van der Waals surface area contributed by atoms with E-state index in [1.54, 1.807) is 6.20 Å². The summed E-state index contributed by atoms with van der Waals surface area (Å²) in [6.45, 7) is 5.12. The molecule has 1 aromatic heterocycles. The van der Waals surface area contributed by atoms with Gasteiger partial charge in [0.05, 0.1) is 18.8 Å². The first kappa shape index (κ1) is 21.3. The van der Waals surface area contributed by atoms with Gasteiger partial charge in [-0.3, -0.25) is 4.68 Å². The Bertz CT molecular complexity index is 615. The molecule has 1 heterocycles. The van der Waals surface area contributed by atoms with E-state index in [9.17, 15) is 0 Å². The van der Waals surface area contributed by atoms with Crippen molar-refractivity contribution in [2.45, 2.75) is 26.3 Å². The van der Waals surface area contributed by atoms with Gasteiger partial charge in [-0.2, -0.15) is 5.10 Å². The summed E-state index contributed by atoms with van der Waals surface area (Å²) >= 11 is 0. The molecule has 1 aromatic carbocycles. The highest BCUT2D eigenvalue weighted by atomic mass is 127. The fourth-order valence-corrected chi connectivity index (χ4v) is 2.20. The molecule has 0 spiro atoms. The summed E-state index contributed by atoms with van der Waals surface area (Å²) in [6, 6.07) is 11.9. The number of aliphatic imine (C=N–C) groups is 1. The first-order valence-electron chi connectivity index (χ1n) is 8.46. The highest BCUT2D eigenvalue weighted by Crippen LogP contribution is 2.08. The van der Waals surface area contributed by atoms with Crippen molar-refractivity contribution in [1.29, 1.82) is 0 Å². The summed E-state index contributed by atoms with van der Waals surface area (Å²) < 4.78 is 7.53. The number of aryl methyl sites for hydroxylation is 1. The van der Waals surface area contributed by atoms with Crippen molar-refractivity contribution in [2.24, 2.45) is 12.0 Å². The van der Waals surface area contributed by atoms with Gasteiger partial charge in [-0.25, -0.2) is 4.99 Å². The van der Waals surface area contributed by atoms with Crippen LogP contribution in [0.25, 0.3) is 0 Å². The highest BCUT2D eigenvalue weighted by molar-refractivity contribution is 14.0. The summed E-state index contributed by atoms with van der Waals surface area (Å²) in [5, 5.41) is 10.8. The maximum atomic E-state index is 5.69. The zero-order valence-electron chi connectivity index (χ0n) is 14.9. The molecular formula is C18H28IN5O. The second-order valence-electron chi connectivity index (χ2n) is 5.44. The summed E-state index contributed by atoms with van der Waals surface area (Å²) in [5.41, 5.74) is 1.09. The molecule has 0 atom stereocenters. The van der Waals surface area contributed by atoms with Crippen LogP contribution in [0.4, 0.5) is 0 Å². The van der Waals surface area contributed by atoms with E-state index in [1.807, 2.05) is 48.1 Å². The molecule has 25 heavy (non-hydrogen) atoms. The van der Waals surface area contributed by atoms with Crippen LogP contribution in [0.3, 0.4) is 0 Å². The maximum absolute atomic E-state index is 5.69. The minimum Gasteiger partial charge on any atom is -0.494 e. The van der Waals surface area contributed by atoms with Crippen molar-refractivity contribution in [1.82, 2.24) is 20.4 Å². The van der Waals surface area contributed by atoms with Gasteiger partial charge in [-0.05, 0) is 38.0 Å². The molecule has 0 saturated carbocycles. The third-order valence-corrected chi connectivity index (χ3v) is 3.54. The molecule has 0 unspecified atom stereocenters. The average Bonchev–Trinajstić information content (AvgIpc) is 3.01. The van der Waals surface area contributed by atoms with E-state index in [0.29, 0.717) is 6.54 Å². The Balaban J connectivity index is 0.00000312. The van der Waals surface area contributed by atoms with Gasteiger partial charge in [0, 0.05) is 26.3 Å². The number of hydrogen-bond acceptors (Lipinski definition) is 3. The van der Waals surface area contributed by atoms with Crippen LogP contribution < -0.4 is 15.4 Å². The quantitative estimate of drug-likeness (QED) is 0.263. The number of unbranched alkanes of at least 4 members (excludes halogenated alkanes) is 1. The molecule has 2 aromatic rings. The zero-order chi connectivity index (χ0) is 17.0. The van der Waals surface area contributed by atoms with Crippen LogP contribution in [0.5, 0.6) is 5.75 Å². The second kappa shape index (κ2) is 12.6. The molecule has 0 aliphatic rings. The summed E-state index contributed by atoms with van der Waals surface area (Å²) in [4.78, 5) is 4.58. The Morgan fingerprint density at radius 3 is 2.64 bits per heavy atom. The minimum absolute atomic E-state index is 0. The number of aromatic nitrogens is 2. The molecule has 7 heteroatoms. The number of para-hydroxylation sites is 1. The number of nitrogens with zero attached hydrogens (tertiary/aromatic N) is 3. The fraction of sp³-hybridized carbons (Fsp3) is 0.444. The van der Waals surface area contributed by atoms with Crippen molar-refractivity contribution < 1.29 is 4.74 Å². The van der Waals surface area contributed by atoms with Crippen LogP contribution in [-0.4, -0.2) is 35.4 Å². The number of guanidine groups is 1. The van der Waals surface area contributed by atoms with Gasteiger partial charge in [-0.1, -0.05) is 18.2 Å². The van der Waals surface area contributed by atoms with Gasteiger partial charge >= 0.3 is 0 Å². The van der Waals surface area contributed by atoms with Crippen LogP contribution in [0.2, 0.25) is 0 Å². The van der Waals surface area contributed by atoms with E-state index in [-0.39, 0.29) is 24.0 Å². The van der Waals surface area contributed by atoms with E-state index in [0.717, 1.165) is 49.9 Å². The average molecular weight is 457 g/mol. The van der Waals surface area contributed by atoms with E-state index in [1.165, 1.54) is 0 Å². The molecule has 6 nitrogen and oxygen atoms in total. The lowest BCUT2D eigenvalue weighted by molar-refractivity contribution is 0.307. The third kappa shape index (κ3) is 8.24.